The topological polar surface area (TPSA) is 132 Å². The summed E-state index contributed by atoms with van der Waals surface area (Å²) in [7, 11) is -3.84. The third kappa shape index (κ3) is 32.8. The Labute approximate surface area is 256 Å². The van der Waals surface area contributed by atoms with Gasteiger partial charge in [0.1, 0.15) is 0 Å². The molecule has 244 valence electrons. The van der Waals surface area contributed by atoms with Crippen LogP contribution in [0.2, 0.25) is 0 Å². The Morgan fingerprint density at radius 2 is 0.905 bits per heavy atom. The van der Waals surface area contributed by atoms with E-state index in [-0.39, 0.29) is 18.5 Å². The molecule has 0 fully saturated rings. The second-order valence-electron chi connectivity index (χ2n) is 11.6. The van der Waals surface area contributed by atoms with E-state index in [0.29, 0.717) is 6.42 Å². The Balaban J connectivity index is 3.58. The monoisotopic (exact) mass is 612 g/mol. The molecular formula is C34H61O7P. The average molecular weight is 613 g/mol. The third-order valence-electron chi connectivity index (χ3n) is 7.55. The maximum Gasteiger partial charge on any atom is 0.325 e. The van der Waals surface area contributed by atoms with Crippen molar-refractivity contribution in [3.05, 3.63) is 36.5 Å². The molecule has 1 atom stereocenters. The fraction of sp³-hybridized carbons (Fsp3) is 0.765. The predicted octanol–water partition coefficient (Wildman–Crippen LogP) is 9.98. The van der Waals surface area contributed by atoms with Gasteiger partial charge in [-0.1, -0.05) is 101 Å². The van der Waals surface area contributed by atoms with Crippen molar-refractivity contribution < 1.29 is 34.2 Å². The smallest absolute Gasteiger partial charge is 0.325 e. The Morgan fingerprint density at radius 1 is 0.524 bits per heavy atom. The fourth-order valence-corrected chi connectivity index (χ4v) is 5.61. The highest BCUT2D eigenvalue weighted by Crippen LogP contribution is 2.35. The van der Waals surface area contributed by atoms with Gasteiger partial charge in [-0.05, 0) is 83.5 Å². The van der Waals surface area contributed by atoms with Crippen molar-refractivity contribution in [3.8, 4) is 0 Å². The number of hydrogen-bond donors (Lipinski definition) is 4. The molecule has 42 heavy (non-hydrogen) atoms. The van der Waals surface area contributed by atoms with Gasteiger partial charge in [-0.15, -0.1) is 0 Å². The number of aliphatic carboxylic acids is 2. The fourth-order valence-electron chi connectivity index (χ4n) is 4.97. The molecule has 0 aliphatic rings. The second-order valence-corrected chi connectivity index (χ2v) is 13.4. The summed E-state index contributed by atoms with van der Waals surface area (Å²) in [5, 5.41) is 18.2. The normalized spacial score (nSPS) is 13.1. The van der Waals surface area contributed by atoms with E-state index in [0.717, 1.165) is 128 Å². The zero-order valence-electron chi connectivity index (χ0n) is 26.2. The number of carboxylic acid groups (broad SMARTS) is 2. The molecule has 4 N–H and O–H groups in total. The van der Waals surface area contributed by atoms with Crippen LogP contribution in [0, 0.1) is 5.92 Å². The van der Waals surface area contributed by atoms with Crippen LogP contribution in [-0.4, -0.2) is 38.1 Å². The lowest BCUT2D eigenvalue weighted by molar-refractivity contribution is -0.142. The quantitative estimate of drug-likeness (QED) is 0.0348. The molecule has 0 aromatic rings. The van der Waals surface area contributed by atoms with Crippen LogP contribution in [0.25, 0.3) is 0 Å². The van der Waals surface area contributed by atoms with Crippen LogP contribution < -0.4 is 0 Å². The molecule has 0 saturated heterocycles. The molecule has 0 amide bonds. The molecule has 0 spiro atoms. The first-order valence-electron chi connectivity index (χ1n) is 16.7. The summed E-state index contributed by atoms with van der Waals surface area (Å²) in [6, 6.07) is 0. The van der Waals surface area contributed by atoms with Crippen LogP contribution >= 0.6 is 7.60 Å². The number of unbranched alkanes of at least 4 members (excludes halogenated alkanes) is 16. The van der Waals surface area contributed by atoms with Gasteiger partial charge < -0.3 is 20.0 Å². The molecule has 0 heterocycles. The SMILES string of the molecule is O=C(O)CCCCCCC/C=C\CCCCCCC(CCCCCC/C=C\C/C=C\CCCCCP(=O)(O)O)C(=O)O. The molecule has 8 heteroatoms. The number of hydrogen-bond acceptors (Lipinski definition) is 3. The van der Waals surface area contributed by atoms with Crippen LogP contribution in [-0.2, 0) is 14.2 Å². The highest BCUT2D eigenvalue weighted by atomic mass is 31.2. The van der Waals surface area contributed by atoms with Crippen LogP contribution in [0.4, 0.5) is 0 Å². The van der Waals surface area contributed by atoms with Crippen molar-refractivity contribution >= 4 is 19.5 Å². The van der Waals surface area contributed by atoms with Gasteiger partial charge in [0.05, 0.1) is 5.92 Å². The summed E-state index contributed by atoms with van der Waals surface area (Å²) < 4.78 is 10.8. The maximum atomic E-state index is 11.6. The zero-order chi connectivity index (χ0) is 31.2. The Morgan fingerprint density at radius 3 is 1.33 bits per heavy atom. The van der Waals surface area contributed by atoms with Gasteiger partial charge in [0, 0.05) is 12.6 Å². The van der Waals surface area contributed by atoms with Crippen molar-refractivity contribution in [1.82, 2.24) is 0 Å². The van der Waals surface area contributed by atoms with Crippen molar-refractivity contribution in [2.45, 2.75) is 154 Å². The number of rotatable bonds is 31. The first-order chi connectivity index (χ1) is 20.2. The maximum absolute atomic E-state index is 11.6. The van der Waals surface area contributed by atoms with Gasteiger partial charge in [-0.2, -0.15) is 0 Å². The highest BCUT2D eigenvalue weighted by molar-refractivity contribution is 7.51. The molecule has 0 aliphatic carbocycles. The van der Waals surface area contributed by atoms with E-state index in [1.54, 1.807) is 0 Å². The summed E-state index contributed by atoms with van der Waals surface area (Å²) in [6.45, 7) is 0. The summed E-state index contributed by atoms with van der Waals surface area (Å²) in [5.74, 6) is -1.54. The molecule has 0 saturated carbocycles. The minimum Gasteiger partial charge on any atom is -0.481 e. The van der Waals surface area contributed by atoms with E-state index in [9.17, 15) is 19.3 Å². The zero-order valence-corrected chi connectivity index (χ0v) is 27.1. The lowest BCUT2D eigenvalue weighted by Gasteiger charge is -2.12. The summed E-state index contributed by atoms with van der Waals surface area (Å²) in [4.78, 5) is 39.7. The molecule has 7 nitrogen and oxygen atoms in total. The largest absolute Gasteiger partial charge is 0.481 e. The van der Waals surface area contributed by atoms with Crippen LogP contribution in [0.5, 0.6) is 0 Å². The van der Waals surface area contributed by atoms with Gasteiger partial charge in [0.25, 0.3) is 0 Å². The van der Waals surface area contributed by atoms with Crippen molar-refractivity contribution in [2.75, 3.05) is 6.16 Å². The molecule has 1 unspecified atom stereocenters. The standard InChI is InChI=1S/C34H61O7P/c35-33(36)30-26-22-18-14-10-6-3-5-9-13-17-21-25-29-32(34(37)38)28-24-20-16-12-8-4-1-2-7-11-15-19-23-27-31-42(39,40)41/h1,3-5,7,11,32H,2,6,8-10,12-31H2,(H,35,36)(H,37,38)(H2,39,40,41)/b4-1-,5-3-,11-7-. The molecule has 0 aromatic heterocycles. The van der Waals surface area contributed by atoms with E-state index in [2.05, 4.69) is 36.5 Å². The Hall–Kier alpha value is -1.69. The number of allylic oxidation sites excluding steroid dienone is 6. The van der Waals surface area contributed by atoms with Crippen molar-refractivity contribution in [3.63, 3.8) is 0 Å². The molecule has 0 bridgehead atoms. The highest BCUT2D eigenvalue weighted by Gasteiger charge is 2.16. The minimum atomic E-state index is -3.84. The molecule has 0 aliphatic heterocycles. The van der Waals surface area contributed by atoms with Crippen LogP contribution in [0.3, 0.4) is 0 Å². The van der Waals surface area contributed by atoms with Gasteiger partial charge in [0.15, 0.2) is 0 Å². The van der Waals surface area contributed by atoms with E-state index >= 15 is 0 Å². The number of carboxylic acids is 2. The summed E-state index contributed by atoms with van der Waals surface area (Å²) >= 11 is 0. The van der Waals surface area contributed by atoms with Crippen molar-refractivity contribution in [2.24, 2.45) is 5.92 Å². The summed E-state index contributed by atoms with van der Waals surface area (Å²) in [6.07, 6.45) is 36.6. The van der Waals surface area contributed by atoms with Gasteiger partial charge in [-0.25, -0.2) is 0 Å². The summed E-state index contributed by atoms with van der Waals surface area (Å²) in [5.41, 5.74) is 0. The van der Waals surface area contributed by atoms with E-state index < -0.39 is 19.5 Å². The first kappa shape index (κ1) is 40.3. The predicted molar refractivity (Wildman–Crippen MR) is 174 cm³/mol. The van der Waals surface area contributed by atoms with Gasteiger partial charge in [-0.3, -0.25) is 14.2 Å². The second kappa shape index (κ2) is 29.4. The molecule has 0 rings (SSSR count). The van der Waals surface area contributed by atoms with Crippen LogP contribution in [0.15, 0.2) is 36.5 Å². The number of carbonyl (C=O) groups is 2. The first-order valence-corrected chi connectivity index (χ1v) is 18.5. The van der Waals surface area contributed by atoms with E-state index in [1.807, 2.05) is 0 Å². The Bertz CT molecular complexity index is 785. The van der Waals surface area contributed by atoms with Crippen LogP contribution in [0.1, 0.15) is 154 Å². The third-order valence-corrected chi connectivity index (χ3v) is 8.45. The lowest BCUT2D eigenvalue weighted by atomic mass is 9.94. The van der Waals surface area contributed by atoms with Crippen molar-refractivity contribution in [1.29, 1.82) is 0 Å². The minimum absolute atomic E-state index is 0.0109. The Kier molecular flexibility index (Phi) is 28.2. The average Bonchev–Trinajstić information content (AvgIpc) is 2.92. The molecular weight excluding hydrogens is 551 g/mol. The molecule has 0 radical (unpaired) electrons. The van der Waals surface area contributed by atoms with E-state index in [1.165, 1.54) is 12.8 Å². The van der Waals surface area contributed by atoms with Gasteiger partial charge >= 0.3 is 19.5 Å². The molecule has 0 aromatic carbocycles. The van der Waals surface area contributed by atoms with E-state index in [4.69, 9.17) is 14.9 Å². The lowest BCUT2D eigenvalue weighted by Crippen LogP contribution is -2.13. The van der Waals surface area contributed by atoms with Gasteiger partial charge in [0.2, 0.25) is 0 Å².